The Morgan fingerprint density at radius 3 is 1.37 bits per heavy atom. The minimum absolute atomic E-state index is 0. The summed E-state index contributed by atoms with van der Waals surface area (Å²) in [5, 5.41) is 0. The molecule has 0 aromatic carbocycles. The molecule has 0 radical (unpaired) electrons. The van der Waals surface area contributed by atoms with Gasteiger partial charge in [-0.25, -0.2) is 0 Å². The molecule has 2 saturated carbocycles. The van der Waals surface area contributed by atoms with E-state index in [2.05, 4.69) is 87.6 Å². The van der Waals surface area contributed by atoms with Gasteiger partial charge < -0.3 is 37.7 Å². The zero-order chi connectivity index (χ0) is 17.4. The van der Waals surface area contributed by atoms with Gasteiger partial charge in [0.1, 0.15) is 0 Å². The van der Waals surface area contributed by atoms with Gasteiger partial charge in [-0.1, -0.05) is 75.5 Å². The first-order chi connectivity index (χ1) is 11.5. The Hall–Kier alpha value is 0.844. The van der Waals surface area contributed by atoms with Crippen molar-refractivity contribution in [3.63, 3.8) is 0 Å². The summed E-state index contributed by atoms with van der Waals surface area (Å²) in [5.41, 5.74) is 0. The van der Waals surface area contributed by atoms with Crippen LogP contribution in [0.4, 0.5) is 0 Å². The Morgan fingerprint density at radius 1 is 0.741 bits per heavy atom. The third kappa shape index (κ3) is 11.6. The number of hydrogen-bond acceptors (Lipinski definition) is 0. The van der Waals surface area contributed by atoms with Gasteiger partial charge in [0, 0.05) is 16.6 Å². The van der Waals surface area contributed by atoms with Gasteiger partial charge >= 0.3 is 25.8 Å². The molecule has 4 aliphatic rings. The van der Waals surface area contributed by atoms with Gasteiger partial charge in [-0.3, -0.25) is 0 Å². The molecule has 0 aliphatic heterocycles. The second-order valence-electron chi connectivity index (χ2n) is 8.56. The second kappa shape index (κ2) is 15.7. The van der Waals surface area contributed by atoms with E-state index in [9.17, 15) is 0 Å². The van der Waals surface area contributed by atoms with Crippen LogP contribution in [0, 0.1) is 36.5 Å². The fourth-order valence-electron chi connectivity index (χ4n) is 3.39. The van der Waals surface area contributed by atoms with Crippen molar-refractivity contribution < 1.29 is 50.7 Å². The zero-order valence-corrected chi connectivity index (χ0v) is 24.9. The maximum absolute atomic E-state index is 2.44. The number of allylic oxidation sites excluding steroid dienone is 8. The molecule has 0 aromatic rings. The van der Waals surface area contributed by atoms with Crippen LogP contribution in [0.25, 0.3) is 0 Å². The summed E-state index contributed by atoms with van der Waals surface area (Å²) in [7, 11) is -0.101. The molecule has 5 heteroatoms. The molecule has 150 valence electrons. The molecule has 0 amide bonds. The van der Waals surface area contributed by atoms with E-state index in [0.29, 0.717) is 9.04 Å². The van der Waals surface area contributed by atoms with Gasteiger partial charge in [0.05, 0.1) is 0 Å². The third-order valence-electron chi connectivity index (χ3n) is 5.53. The van der Waals surface area contributed by atoms with Gasteiger partial charge in [0.25, 0.3) is 0 Å². The number of halogens is 2. The summed E-state index contributed by atoms with van der Waals surface area (Å²) in [6, 6.07) is 0. The molecule has 4 rings (SSSR count). The van der Waals surface area contributed by atoms with Crippen LogP contribution < -0.4 is 24.8 Å². The Bertz CT molecular complexity index is 421. The first kappa shape index (κ1) is 30.0. The van der Waals surface area contributed by atoms with Crippen molar-refractivity contribution in [1.82, 2.24) is 0 Å². The molecular formula is C22H36Cl2HfSi2. The van der Waals surface area contributed by atoms with Crippen molar-refractivity contribution in [3.8, 4) is 0 Å². The van der Waals surface area contributed by atoms with Crippen molar-refractivity contribution in [2.75, 3.05) is 0 Å². The van der Waals surface area contributed by atoms with Gasteiger partial charge in [0.15, 0.2) is 0 Å². The minimum atomic E-state index is -0.492. The van der Waals surface area contributed by atoms with Crippen LogP contribution >= 0.6 is 0 Å². The average Bonchev–Trinajstić information content (AvgIpc) is 3.24. The molecule has 0 saturated heterocycles. The predicted octanol–water partition coefficient (Wildman–Crippen LogP) is -0.271. The molecule has 0 N–H and O–H groups in total. The van der Waals surface area contributed by atoms with E-state index in [0.717, 1.165) is 23.7 Å². The summed E-state index contributed by atoms with van der Waals surface area (Å²) in [4.78, 5) is 0. The van der Waals surface area contributed by atoms with Crippen LogP contribution in [0.2, 0.25) is 26.2 Å². The molecule has 0 heterocycles. The minimum Gasteiger partial charge on any atom is -1.00 e. The summed E-state index contributed by atoms with van der Waals surface area (Å²) in [6.45, 7) is 9.74. The van der Waals surface area contributed by atoms with Crippen LogP contribution in [-0.4, -0.2) is 16.6 Å². The Morgan fingerprint density at radius 2 is 1.07 bits per heavy atom. The van der Waals surface area contributed by atoms with Crippen LogP contribution in [0.5, 0.6) is 0 Å². The number of rotatable bonds is 1. The van der Waals surface area contributed by atoms with Gasteiger partial charge in [-0.05, 0) is 11.8 Å². The monoisotopic (exact) mass is 606 g/mol. The van der Waals surface area contributed by atoms with E-state index in [1.807, 2.05) is 0 Å². The van der Waals surface area contributed by atoms with Crippen LogP contribution in [-0.2, 0) is 25.8 Å². The normalized spacial score (nSPS) is 29.2. The summed E-state index contributed by atoms with van der Waals surface area (Å²) in [5.74, 6) is 3.23. The average molecular weight is 606 g/mol. The first-order valence-electron chi connectivity index (χ1n) is 9.86. The fourth-order valence-corrected chi connectivity index (χ4v) is 3.39. The van der Waals surface area contributed by atoms with E-state index in [-0.39, 0.29) is 50.7 Å². The van der Waals surface area contributed by atoms with Crippen molar-refractivity contribution in [2.24, 2.45) is 23.7 Å². The van der Waals surface area contributed by atoms with Crippen molar-refractivity contribution in [3.05, 3.63) is 61.4 Å². The quantitative estimate of drug-likeness (QED) is 0.285. The molecule has 4 aliphatic carbocycles. The molecular weight excluding hydrogens is 570 g/mol. The SMILES string of the molecule is C1=CC2[CH-]CCC2C=C1.C1=CC2[CH-]CCC2C=C1.C[SiH2][Si](C)(C)C.[Cl-].[Cl-].[Hf+4]. The summed E-state index contributed by atoms with van der Waals surface area (Å²) >= 11 is 0. The first-order valence-corrected chi connectivity index (χ1v) is 17.1. The largest absolute Gasteiger partial charge is 4.00 e. The van der Waals surface area contributed by atoms with E-state index in [1.54, 1.807) is 0 Å². The Labute approximate surface area is 203 Å². The fraction of sp³-hybridized carbons (Fsp3) is 0.545. The topological polar surface area (TPSA) is 0 Å². The molecule has 0 nitrogen and oxygen atoms in total. The van der Waals surface area contributed by atoms with Gasteiger partial charge in [0.2, 0.25) is 0 Å². The standard InChI is InChI=1S/2C9H11.C4H14Si2.2ClH.Hf/c2*1-2-5-9-7-3-6-8(9)4-1;1-5-6(2,3)4;;;/h2*1-2,4-6,8-9H,3,7H2;5H2,1-4H3;2*1H;/q2*-1;;;;+4/p-2. The molecule has 4 atom stereocenters. The van der Waals surface area contributed by atoms with E-state index < -0.39 is 7.59 Å². The van der Waals surface area contributed by atoms with Crippen molar-refractivity contribution in [1.29, 1.82) is 0 Å². The molecule has 0 bridgehead atoms. The summed E-state index contributed by atoms with van der Waals surface area (Å²) < 4.78 is 0. The number of hydrogen-bond donors (Lipinski definition) is 0. The zero-order valence-electron chi connectivity index (χ0n) is 17.4. The van der Waals surface area contributed by atoms with Crippen molar-refractivity contribution >= 4 is 16.6 Å². The van der Waals surface area contributed by atoms with Crippen LogP contribution in [0.1, 0.15) is 25.7 Å². The smallest absolute Gasteiger partial charge is 1.00 e. The van der Waals surface area contributed by atoms with Crippen LogP contribution in [0.3, 0.4) is 0 Å². The van der Waals surface area contributed by atoms with E-state index in [1.165, 1.54) is 25.7 Å². The van der Waals surface area contributed by atoms with Gasteiger partial charge in [-0.2, -0.15) is 12.8 Å². The van der Waals surface area contributed by atoms with E-state index >= 15 is 0 Å². The predicted molar refractivity (Wildman–Crippen MR) is 115 cm³/mol. The summed E-state index contributed by atoms with van der Waals surface area (Å²) in [6.07, 6.45) is 28.1. The maximum atomic E-state index is 2.44. The third-order valence-corrected chi connectivity index (χ3v) is 14.0. The number of fused-ring (bicyclic) bond motifs is 2. The molecule has 0 spiro atoms. The Balaban J connectivity index is 0. The van der Waals surface area contributed by atoms with Gasteiger partial charge in [-0.15, -0.1) is 24.0 Å². The molecule has 2 fully saturated rings. The Kier molecular flexibility index (Phi) is 17.4. The molecule has 4 unspecified atom stereocenters. The van der Waals surface area contributed by atoms with Crippen molar-refractivity contribution in [2.45, 2.75) is 51.9 Å². The maximum Gasteiger partial charge on any atom is 4.00 e. The molecule has 27 heavy (non-hydrogen) atoms. The van der Waals surface area contributed by atoms with Crippen LogP contribution in [0.15, 0.2) is 48.6 Å². The second-order valence-corrected chi connectivity index (χ2v) is 22.9. The van der Waals surface area contributed by atoms with E-state index in [4.69, 9.17) is 0 Å². The molecule has 0 aromatic heterocycles.